The molecule has 51 heavy (non-hydrogen) atoms. The van der Waals surface area contributed by atoms with Gasteiger partial charge in [-0.25, -0.2) is 9.97 Å². The van der Waals surface area contributed by atoms with Crippen molar-refractivity contribution in [1.29, 1.82) is 0 Å². The van der Waals surface area contributed by atoms with Gasteiger partial charge in [-0.15, -0.1) is 22.1 Å². The van der Waals surface area contributed by atoms with Crippen LogP contribution in [-0.2, 0) is 19.5 Å². The van der Waals surface area contributed by atoms with Gasteiger partial charge in [0.15, 0.2) is 0 Å². The van der Waals surface area contributed by atoms with E-state index in [2.05, 4.69) is 158 Å². The van der Waals surface area contributed by atoms with Crippen LogP contribution in [0.15, 0.2) is 140 Å². The van der Waals surface area contributed by atoms with Crippen molar-refractivity contribution >= 4 is 57.7 Å². The van der Waals surface area contributed by atoms with E-state index >= 15 is 0 Å². The van der Waals surface area contributed by atoms with Crippen LogP contribution < -0.4 is 15.3 Å². The van der Waals surface area contributed by atoms with E-state index in [9.17, 15) is 0 Å². The number of nitrogens with one attached hydrogen (secondary N) is 1. The Morgan fingerprint density at radius 3 is 1.24 bits per heavy atom. The second-order valence-electron chi connectivity index (χ2n) is 12.5. The fourth-order valence-electron chi connectivity index (χ4n) is 6.70. The van der Waals surface area contributed by atoms with Crippen LogP contribution >= 0.6 is 0 Å². The number of aromatic nitrogens is 4. The van der Waals surface area contributed by atoms with Gasteiger partial charge in [-0.1, -0.05) is 133 Å². The largest absolute Gasteiger partial charge is 2.00 e. The van der Waals surface area contributed by atoms with E-state index < -0.39 is 0 Å². The number of hydrogen-bond donors (Lipinski definition) is 1. The summed E-state index contributed by atoms with van der Waals surface area (Å²) < 4.78 is 0. The third-order valence-electron chi connectivity index (χ3n) is 9.12. The second kappa shape index (κ2) is 13.7. The molecule has 238 valence electrons. The Kier molecular flexibility index (Phi) is 8.61. The van der Waals surface area contributed by atoms with Gasteiger partial charge in [0.05, 0.1) is 22.8 Å². The summed E-state index contributed by atoms with van der Waals surface area (Å²) in [6, 6.07) is 47.9. The normalized spacial score (nSPS) is 11.7. The molecule has 0 fully saturated rings. The van der Waals surface area contributed by atoms with Gasteiger partial charge in [-0.3, -0.25) is 0 Å². The molecule has 6 heteroatoms. The van der Waals surface area contributed by atoms with E-state index in [1.807, 2.05) is 18.2 Å². The van der Waals surface area contributed by atoms with E-state index in [0.717, 1.165) is 89.6 Å². The zero-order valence-electron chi connectivity index (χ0n) is 28.1. The summed E-state index contributed by atoms with van der Waals surface area (Å²) >= 11 is 0. The standard InChI is InChI=1S/C45H31N5.Zn/c1-29-17-19-33(20-18-29)46-45-40-27-25-38(49-40)43(31-13-7-3-8-14-31)36-23-21-34(47-36)42(30-11-5-2-6-12-30)35-22-24-37(48-35)44(32-15-9-4-10-16-32)39-26-28-41(45)50-39;/h2-28,46H,1H3;/q-2;+2. The van der Waals surface area contributed by atoms with Crippen molar-refractivity contribution < 1.29 is 19.5 Å². The molecule has 9 rings (SSSR count). The van der Waals surface area contributed by atoms with Crippen molar-refractivity contribution in [2.45, 2.75) is 6.92 Å². The maximum atomic E-state index is 5.31. The molecular weight excluding hydrogens is 676 g/mol. The van der Waals surface area contributed by atoms with Crippen LogP contribution in [0, 0.1) is 6.92 Å². The van der Waals surface area contributed by atoms with Gasteiger partial charge in [0.25, 0.3) is 0 Å². The maximum absolute atomic E-state index is 5.31. The molecule has 0 saturated heterocycles. The fourth-order valence-corrected chi connectivity index (χ4v) is 6.70. The summed E-state index contributed by atoms with van der Waals surface area (Å²) in [5.41, 5.74) is 15.7. The van der Waals surface area contributed by atoms with Gasteiger partial charge in [-0.2, -0.15) is 0 Å². The molecule has 0 aliphatic carbocycles. The molecule has 0 amide bonds. The Hall–Kier alpha value is -6.10. The summed E-state index contributed by atoms with van der Waals surface area (Å²) in [7, 11) is 0. The summed E-state index contributed by atoms with van der Waals surface area (Å²) in [5, 5.41) is 3.67. The van der Waals surface area contributed by atoms with E-state index in [1.54, 1.807) is 0 Å². The fraction of sp³-hybridized carbons (Fsp3) is 0.0222. The summed E-state index contributed by atoms with van der Waals surface area (Å²) in [4.78, 5) is 21.2. The Bertz CT molecular complexity index is 2560. The van der Waals surface area contributed by atoms with Crippen LogP contribution in [0.3, 0.4) is 0 Å². The number of aryl methyl sites for hydroxylation is 1. The van der Waals surface area contributed by atoms with E-state index in [4.69, 9.17) is 19.9 Å². The molecule has 5 heterocycles. The third kappa shape index (κ3) is 6.16. The van der Waals surface area contributed by atoms with Crippen molar-refractivity contribution in [2.24, 2.45) is 0 Å². The molecule has 0 saturated carbocycles. The zero-order valence-corrected chi connectivity index (χ0v) is 31.1. The van der Waals surface area contributed by atoms with Gasteiger partial charge in [-0.05, 0) is 76.7 Å². The number of rotatable bonds is 5. The number of hydrogen-bond acceptors (Lipinski definition) is 3. The van der Waals surface area contributed by atoms with Crippen molar-refractivity contribution in [3.8, 4) is 33.4 Å². The summed E-state index contributed by atoms with van der Waals surface area (Å²) in [6.07, 6.45) is 8.34. The number of nitrogens with zero attached hydrogens (tertiary/aromatic N) is 4. The monoisotopic (exact) mass is 705 g/mol. The van der Waals surface area contributed by atoms with Gasteiger partial charge in [0, 0.05) is 11.4 Å². The topological polar surface area (TPSA) is 66.0 Å². The molecule has 1 N–H and O–H groups in total. The Morgan fingerprint density at radius 2 is 0.784 bits per heavy atom. The minimum absolute atomic E-state index is 0. The molecule has 5 nitrogen and oxygen atoms in total. The molecule has 7 aromatic rings. The van der Waals surface area contributed by atoms with E-state index in [-0.39, 0.29) is 19.5 Å². The molecule has 4 aromatic carbocycles. The predicted molar refractivity (Wildman–Crippen MR) is 208 cm³/mol. The van der Waals surface area contributed by atoms with Crippen LogP contribution in [0.4, 0.5) is 11.4 Å². The molecule has 2 aliphatic heterocycles. The number of fused-ring (bicyclic) bond motifs is 8. The van der Waals surface area contributed by atoms with E-state index in [1.165, 1.54) is 5.56 Å². The van der Waals surface area contributed by atoms with Crippen LogP contribution in [0.1, 0.15) is 28.3 Å². The van der Waals surface area contributed by atoms with Crippen LogP contribution in [0.5, 0.6) is 0 Å². The van der Waals surface area contributed by atoms with Gasteiger partial charge >= 0.3 is 19.5 Å². The predicted octanol–water partition coefficient (Wildman–Crippen LogP) is 11.0. The van der Waals surface area contributed by atoms with Crippen molar-refractivity contribution in [1.82, 2.24) is 19.9 Å². The minimum Gasteiger partial charge on any atom is -0.657 e. The molecular formula is C45H31N5Zn. The molecule has 8 bridgehead atoms. The van der Waals surface area contributed by atoms with Crippen LogP contribution in [0.2, 0.25) is 0 Å². The SMILES string of the molecule is Cc1ccc(Nc2c3nc(c(-c4ccccc4)c4ccc([n-]4)c(-c4ccccc4)c4nc(c(-c5ccccc5)c5ccc2[n-]5)C=C4)C=C3)cc1.[Zn+2]. The average molecular weight is 707 g/mol. The van der Waals surface area contributed by atoms with Gasteiger partial charge in [0.2, 0.25) is 0 Å². The summed E-state index contributed by atoms with van der Waals surface area (Å²) in [5.74, 6) is 0. The molecule has 3 aromatic heterocycles. The number of benzene rings is 4. The first-order valence-corrected chi connectivity index (χ1v) is 16.7. The number of anilines is 2. The molecule has 2 aliphatic rings. The van der Waals surface area contributed by atoms with Gasteiger partial charge < -0.3 is 15.3 Å². The molecule has 0 spiro atoms. The second-order valence-corrected chi connectivity index (χ2v) is 12.5. The van der Waals surface area contributed by atoms with Crippen molar-refractivity contribution in [3.63, 3.8) is 0 Å². The van der Waals surface area contributed by atoms with E-state index in [0.29, 0.717) is 0 Å². The van der Waals surface area contributed by atoms with Crippen molar-refractivity contribution in [2.75, 3.05) is 5.32 Å². The Labute approximate surface area is 309 Å². The smallest absolute Gasteiger partial charge is 0.657 e. The molecule has 0 atom stereocenters. The average Bonchev–Trinajstić information content (AvgIpc) is 4.00. The first kappa shape index (κ1) is 32.1. The Balaban J connectivity index is 0.00000374. The minimum atomic E-state index is 0. The van der Waals surface area contributed by atoms with Gasteiger partial charge in [0.1, 0.15) is 0 Å². The maximum Gasteiger partial charge on any atom is 2.00 e. The third-order valence-corrected chi connectivity index (χ3v) is 9.12. The van der Waals surface area contributed by atoms with Crippen molar-refractivity contribution in [3.05, 3.63) is 168 Å². The molecule has 0 unspecified atom stereocenters. The molecule has 0 radical (unpaired) electrons. The van der Waals surface area contributed by atoms with Crippen LogP contribution in [0.25, 0.3) is 79.8 Å². The first-order valence-electron chi connectivity index (χ1n) is 16.7. The quantitative estimate of drug-likeness (QED) is 0.181. The zero-order chi connectivity index (χ0) is 33.4. The van der Waals surface area contributed by atoms with Crippen LogP contribution in [-0.4, -0.2) is 9.97 Å². The summed E-state index contributed by atoms with van der Waals surface area (Å²) in [6.45, 7) is 2.09. The first-order chi connectivity index (χ1) is 24.7. The Morgan fingerprint density at radius 1 is 0.412 bits per heavy atom.